The van der Waals surface area contributed by atoms with Gasteiger partial charge in [0.2, 0.25) is 11.8 Å². The van der Waals surface area contributed by atoms with Crippen molar-refractivity contribution in [1.29, 1.82) is 0 Å². The predicted octanol–water partition coefficient (Wildman–Crippen LogP) is 3.18. The summed E-state index contributed by atoms with van der Waals surface area (Å²) in [7, 11) is 0. The second-order valence-corrected chi connectivity index (χ2v) is 7.74. The highest BCUT2D eigenvalue weighted by Crippen LogP contribution is 2.23. The van der Waals surface area contributed by atoms with E-state index in [-0.39, 0.29) is 24.2 Å². The number of fused-ring (bicyclic) bond motifs is 1. The van der Waals surface area contributed by atoms with Gasteiger partial charge >= 0.3 is 0 Å². The first-order chi connectivity index (χ1) is 14.5. The highest BCUT2D eigenvalue weighted by molar-refractivity contribution is 5.90. The topological polar surface area (TPSA) is 67.2 Å². The van der Waals surface area contributed by atoms with Gasteiger partial charge in [-0.1, -0.05) is 30.3 Å². The Labute approximate surface area is 174 Å². The zero-order valence-corrected chi connectivity index (χ0v) is 17.0. The van der Waals surface area contributed by atoms with Crippen LogP contribution < -0.4 is 5.32 Å². The lowest BCUT2D eigenvalue weighted by atomic mass is 10.1. The number of carbonyl (C=O) groups is 2. The molecule has 2 amide bonds. The fraction of sp³-hybridized carbons (Fsp3) is 0.348. The molecule has 1 N–H and O–H groups in total. The lowest BCUT2D eigenvalue weighted by Gasteiger charge is -2.24. The van der Waals surface area contributed by atoms with E-state index >= 15 is 0 Å². The molecule has 1 aromatic heterocycles. The largest absolute Gasteiger partial charge is 0.354 e. The lowest BCUT2D eigenvalue weighted by molar-refractivity contribution is -0.135. The maximum Gasteiger partial charge on any atom is 0.242 e. The van der Waals surface area contributed by atoms with Gasteiger partial charge in [0, 0.05) is 37.0 Å². The lowest BCUT2D eigenvalue weighted by Crippen LogP contribution is -2.44. The summed E-state index contributed by atoms with van der Waals surface area (Å²) in [6.07, 6.45) is 3.34. The van der Waals surface area contributed by atoms with E-state index in [0.717, 1.165) is 17.3 Å². The van der Waals surface area contributed by atoms with Gasteiger partial charge in [-0.25, -0.2) is 4.39 Å². The minimum Gasteiger partial charge on any atom is -0.354 e. The molecule has 0 saturated carbocycles. The molecule has 0 radical (unpaired) electrons. The van der Waals surface area contributed by atoms with E-state index in [1.54, 1.807) is 18.2 Å². The van der Waals surface area contributed by atoms with Crippen molar-refractivity contribution in [3.05, 3.63) is 65.6 Å². The number of hydrogen-bond acceptors (Lipinski definition) is 3. The molecule has 1 fully saturated rings. The number of carbonyl (C=O) groups excluding carboxylic acids is 2. The van der Waals surface area contributed by atoms with E-state index in [9.17, 15) is 14.0 Å². The molecule has 1 saturated heterocycles. The second-order valence-electron chi connectivity index (χ2n) is 7.74. The van der Waals surface area contributed by atoms with Gasteiger partial charge in [0.05, 0.1) is 11.7 Å². The summed E-state index contributed by atoms with van der Waals surface area (Å²) in [6.45, 7) is 3.34. The Morgan fingerprint density at radius 3 is 2.93 bits per heavy atom. The number of halogens is 1. The van der Waals surface area contributed by atoms with Gasteiger partial charge in [0.1, 0.15) is 11.9 Å². The van der Waals surface area contributed by atoms with Crippen molar-refractivity contribution in [1.82, 2.24) is 20.0 Å². The quantitative estimate of drug-likeness (QED) is 0.611. The fourth-order valence-corrected chi connectivity index (χ4v) is 3.93. The van der Waals surface area contributed by atoms with E-state index in [1.165, 1.54) is 16.5 Å². The first kappa shape index (κ1) is 20.1. The van der Waals surface area contributed by atoms with Crippen LogP contribution in [0.5, 0.6) is 0 Å². The SMILES string of the molecule is Cc1ccc2cnn(CCCNC(=O)C3CCC(=O)N3Cc3ccccc3F)c2c1. The molecule has 0 aliphatic carbocycles. The van der Waals surface area contributed by atoms with Crippen molar-refractivity contribution in [2.45, 2.75) is 45.3 Å². The van der Waals surface area contributed by atoms with Crippen molar-refractivity contribution in [3.63, 3.8) is 0 Å². The summed E-state index contributed by atoms with van der Waals surface area (Å²) in [6, 6.07) is 12.0. The van der Waals surface area contributed by atoms with Gasteiger partial charge < -0.3 is 10.2 Å². The number of nitrogens with zero attached hydrogens (tertiary/aromatic N) is 3. The molecule has 7 heteroatoms. The van der Waals surface area contributed by atoms with Crippen LogP contribution in [0.25, 0.3) is 10.9 Å². The Hall–Kier alpha value is -3.22. The number of amides is 2. The molecule has 6 nitrogen and oxygen atoms in total. The van der Waals surface area contributed by atoms with Crippen molar-refractivity contribution < 1.29 is 14.0 Å². The molecule has 1 aliphatic heterocycles. The Bertz CT molecular complexity index is 1080. The number of aromatic nitrogens is 2. The third-order valence-electron chi connectivity index (χ3n) is 5.58. The normalized spacial score (nSPS) is 16.4. The number of rotatable bonds is 7. The van der Waals surface area contributed by atoms with E-state index in [4.69, 9.17) is 0 Å². The van der Waals surface area contributed by atoms with E-state index < -0.39 is 6.04 Å². The second kappa shape index (κ2) is 8.65. The van der Waals surface area contributed by atoms with Gasteiger partial charge in [0.15, 0.2) is 0 Å². The number of nitrogens with one attached hydrogen (secondary N) is 1. The fourth-order valence-electron chi connectivity index (χ4n) is 3.93. The van der Waals surface area contributed by atoms with Crippen molar-refractivity contribution >= 4 is 22.7 Å². The molecule has 3 aromatic rings. The third-order valence-corrected chi connectivity index (χ3v) is 5.58. The molecule has 1 unspecified atom stereocenters. The van der Waals surface area contributed by atoms with Crippen LogP contribution in [0.4, 0.5) is 4.39 Å². The molecule has 4 rings (SSSR count). The highest BCUT2D eigenvalue weighted by atomic mass is 19.1. The molecular formula is C23H25FN4O2. The molecule has 1 aliphatic rings. The molecule has 30 heavy (non-hydrogen) atoms. The summed E-state index contributed by atoms with van der Waals surface area (Å²) in [5.41, 5.74) is 2.68. The standard InChI is InChI=1S/C23H25FN4O2/c1-16-7-8-17-14-26-28(21(17)13-16)12-4-11-25-23(30)20-9-10-22(29)27(20)15-18-5-2-3-6-19(18)24/h2-3,5-8,13-14,20H,4,9-12,15H2,1H3,(H,25,30). The van der Waals surface area contributed by atoms with E-state index in [0.29, 0.717) is 31.5 Å². The number of likely N-dealkylation sites (tertiary alicyclic amines) is 1. The average molecular weight is 408 g/mol. The first-order valence-corrected chi connectivity index (χ1v) is 10.3. The van der Waals surface area contributed by atoms with Gasteiger partial charge in [-0.15, -0.1) is 0 Å². The maximum atomic E-state index is 14.0. The Morgan fingerprint density at radius 1 is 1.27 bits per heavy atom. The average Bonchev–Trinajstić information content (AvgIpc) is 3.30. The van der Waals surface area contributed by atoms with Gasteiger partial charge in [-0.3, -0.25) is 14.3 Å². The Morgan fingerprint density at radius 2 is 2.10 bits per heavy atom. The first-order valence-electron chi connectivity index (χ1n) is 10.3. The van der Waals surface area contributed by atoms with Gasteiger partial charge in [0.25, 0.3) is 0 Å². The van der Waals surface area contributed by atoms with E-state index in [1.807, 2.05) is 17.8 Å². The monoisotopic (exact) mass is 408 g/mol. The van der Waals surface area contributed by atoms with Crippen LogP contribution in [-0.2, 0) is 22.7 Å². The third kappa shape index (κ3) is 4.20. The van der Waals surface area contributed by atoms with Crippen LogP contribution in [0, 0.1) is 12.7 Å². The van der Waals surface area contributed by atoms with E-state index in [2.05, 4.69) is 28.6 Å². The molecule has 2 aromatic carbocycles. The molecule has 0 bridgehead atoms. The van der Waals surface area contributed by atoms with Crippen LogP contribution in [0.2, 0.25) is 0 Å². The number of benzene rings is 2. The van der Waals surface area contributed by atoms with Crippen molar-refractivity contribution in [2.24, 2.45) is 0 Å². The summed E-state index contributed by atoms with van der Waals surface area (Å²) < 4.78 is 15.9. The van der Waals surface area contributed by atoms with Crippen molar-refractivity contribution in [3.8, 4) is 0 Å². The van der Waals surface area contributed by atoms with Crippen LogP contribution in [0.1, 0.15) is 30.4 Å². The summed E-state index contributed by atoms with van der Waals surface area (Å²) in [5.74, 6) is -0.659. The molecular weight excluding hydrogens is 383 g/mol. The number of hydrogen-bond donors (Lipinski definition) is 1. The summed E-state index contributed by atoms with van der Waals surface area (Å²) >= 11 is 0. The highest BCUT2D eigenvalue weighted by Gasteiger charge is 2.36. The molecule has 156 valence electrons. The van der Waals surface area contributed by atoms with Gasteiger partial charge in [-0.05, 0) is 37.5 Å². The molecule has 0 spiro atoms. The summed E-state index contributed by atoms with van der Waals surface area (Å²) in [4.78, 5) is 26.4. The van der Waals surface area contributed by atoms with Gasteiger partial charge in [-0.2, -0.15) is 5.10 Å². The molecule has 1 atom stereocenters. The minimum atomic E-state index is -0.551. The van der Waals surface area contributed by atoms with Crippen LogP contribution in [0.15, 0.2) is 48.7 Å². The van der Waals surface area contributed by atoms with Crippen molar-refractivity contribution in [2.75, 3.05) is 6.54 Å². The Balaban J connectivity index is 1.32. The van der Waals surface area contributed by atoms with Crippen LogP contribution in [-0.4, -0.2) is 39.1 Å². The predicted molar refractivity (Wildman–Crippen MR) is 112 cm³/mol. The zero-order valence-electron chi connectivity index (χ0n) is 17.0. The zero-order chi connectivity index (χ0) is 21.1. The summed E-state index contributed by atoms with van der Waals surface area (Å²) in [5, 5.41) is 8.45. The number of aryl methyl sites for hydroxylation is 2. The Kier molecular flexibility index (Phi) is 5.79. The van der Waals surface area contributed by atoms with Crippen LogP contribution >= 0.6 is 0 Å². The molecule has 2 heterocycles. The smallest absolute Gasteiger partial charge is 0.242 e. The van der Waals surface area contributed by atoms with Crippen LogP contribution in [0.3, 0.4) is 0 Å². The minimum absolute atomic E-state index is 0.113. The maximum absolute atomic E-state index is 14.0.